The van der Waals surface area contributed by atoms with E-state index in [2.05, 4.69) is 34.3 Å². The van der Waals surface area contributed by atoms with Crippen LogP contribution in [0.4, 0.5) is 11.4 Å². The quantitative estimate of drug-likeness (QED) is 0.447. The molecule has 2 aromatic rings. The van der Waals surface area contributed by atoms with Crippen LogP contribution >= 0.6 is 0 Å². The molecule has 0 aromatic heterocycles. The first kappa shape index (κ1) is 23.7. The van der Waals surface area contributed by atoms with Crippen LogP contribution in [0.2, 0.25) is 0 Å². The lowest BCUT2D eigenvalue weighted by molar-refractivity contribution is -0.118. The van der Waals surface area contributed by atoms with Crippen LogP contribution in [0.3, 0.4) is 0 Å². The maximum Gasteiger partial charge on any atom is 0.247 e. The molecule has 1 saturated heterocycles. The number of nitrogens with one attached hydrogen (secondary N) is 4. The molecule has 1 amide bonds. The normalized spacial score (nSPS) is 17.3. The number of ether oxygens (including phenoxy) is 1. The van der Waals surface area contributed by atoms with Crippen molar-refractivity contribution in [3.63, 3.8) is 0 Å². The van der Waals surface area contributed by atoms with Gasteiger partial charge in [0.05, 0.1) is 7.11 Å². The number of amides is 1. The Morgan fingerprint density at radius 2 is 1.84 bits per heavy atom. The maximum absolute atomic E-state index is 13.3. The average molecular weight is 437 g/mol. The van der Waals surface area contributed by atoms with E-state index in [0.29, 0.717) is 6.42 Å². The highest BCUT2D eigenvalue weighted by Crippen LogP contribution is 2.18. The summed E-state index contributed by atoms with van der Waals surface area (Å²) in [6.07, 6.45) is 6.14. The molecule has 2 aromatic carbocycles. The molecule has 1 unspecified atom stereocenters. The second-order valence-corrected chi connectivity index (χ2v) is 8.09. The van der Waals surface area contributed by atoms with Crippen LogP contribution in [-0.4, -0.2) is 38.2 Å². The highest BCUT2D eigenvalue weighted by molar-refractivity contribution is 5.95. The maximum atomic E-state index is 13.3. The van der Waals surface area contributed by atoms with E-state index >= 15 is 0 Å². The van der Waals surface area contributed by atoms with Crippen molar-refractivity contribution in [3.8, 4) is 5.75 Å². The minimum atomic E-state index is -0.397. The summed E-state index contributed by atoms with van der Waals surface area (Å²) >= 11 is 0. The molecule has 0 radical (unpaired) electrons. The minimum Gasteiger partial charge on any atom is -0.497 e. The molecule has 0 spiro atoms. The summed E-state index contributed by atoms with van der Waals surface area (Å²) in [5.74, 6) is 0.760. The van der Waals surface area contributed by atoms with Gasteiger partial charge in [-0.3, -0.25) is 4.79 Å². The van der Waals surface area contributed by atoms with Gasteiger partial charge in [0.15, 0.2) is 0 Å². The Morgan fingerprint density at radius 3 is 2.44 bits per heavy atom. The van der Waals surface area contributed by atoms with E-state index in [4.69, 9.17) is 4.74 Å². The van der Waals surface area contributed by atoms with E-state index < -0.39 is 6.04 Å². The second-order valence-electron chi connectivity index (χ2n) is 8.09. The Morgan fingerprint density at radius 1 is 1.12 bits per heavy atom. The molecular formula is C26H36N4O2. The van der Waals surface area contributed by atoms with Gasteiger partial charge in [0, 0.05) is 36.1 Å². The van der Waals surface area contributed by atoms with Gasteiger partial charge in [-0.2, -0.15) is 0 Å². The number of methoxy groups -OCH3 is 1. The molecule has 2 atom stereocenters. The molecule has 1 heterocycles. The number of carbonyl (C=O) groups is 1. The number of carbonyl (C=O) groups excluding carboxylic acids is 1. The van der Waals surface area contributed by atoms with E-state index in [-0.39, 0.29) is 11.9 Å². The van der Waals surface area contributed by atoms with Gasteiger partial charge < -0.3 is 26.0 Å². The van der Waals surface area contributed by atoms with E-state index in [9.17, 15) is 4.79 Å². The Labute approximate surface area is 191 Å². The van der Waals surface area contributed by atoms with Gasteiger partial charge >= 0.3 is 0 Å². The highest BCUT2D eigenvalue weighted by atomic mass is 16.5. The van der Waals surface area contributed by atoms with Crippen molar-refractivity contribution in [2.45, 2.75) is 51.6 Å². The Kier molecular flexibility index (Phi) is 8.99. The molecule has 172 valence electrons. The molecule has 1 aliphatic heterocycles. The smallest absolute Gasteiger partial charge is 0.247 e. The summed E-state index contributed by atoms with van der Waals surface area (Å²) in [4.78, 5) is 13.3. The third-order valence-electron chi connectivity index (χ3n) is 5.79. The molecule has 0 saturated carbocycles. The zero-order chi connectivity index (χ0) is 22.8. The Bertz CT molecular complexity index is 872. The van der Waals surface area contributed by atoms with Gasteiger partial charge in [-0.25, -0.2) is 0 Å². The van der Waals surface area contributed by atoms with Crippen molar-refractivity contribution in [3.05, 3.63) is 65.9 Å². The van der Waals surface area contributed by atoms with Crippen molar-refractivity contribution >= 4 is 17.3 Å². The Balaban J connectivity index is 1.75. The predicted octanol–water partition coefficient (Wildman–Crippen LogP) is 4.31. The summed E-state index contributed by atoms with van der Waals surface area (Å²) < 4.78 is 5.27. The van der Waals surface area contributed by atoms with Gasteiger partial charge in [0.1, 0.15) is 11.8 Å². The van der Waals surface area contributed by atoms with Crippen molar-refractivity contribution < 1.29 is 9.53 Å². The topological polar surface area (TPSA) is 74.4 Å². The van der Waals surface area contributed by atoms with Gasteiger partial charge in [0.25, 0.3) is 0 Å². The number of benzene rings is 2. The molecule has 1 aliphatic rings. The van der Waals surface area contributed by atoms with E-state index in [1.54, 1.807) is 7.11 Å². The van der Waals surface area contributed by atoms with Gasteiger partial charge in [-0.15, -0.1) is 0 Å². The SMILES string of the molecule is C/C=C(/N[C@@H](Cc1ccc(OC)cc1)C(=O)Nc1ccc(NCC)cc1)C1CCCCN1. The summed E-state index contributed by atoms with van der Waals surface area (Å²) in [5, 5.41) is 13.5. The van der Waals surface area contributed by atoms with Crippen molar-refractivity contribution in [2.75, 3.05) is 30.8 Å². The molecule has 0 bridgehead atoms. The lowest BCUT2D eigenvalue weighted by Crippen LogP contribution is -2.47. The number of piperidine rings is 1. The van der Waals surface area contributed by atoms with Crippen LogP contribution in [0, 0.1) is 0 Å². The summed E-state index contributed by atoms with van der Waals surface area (Å²) in [7, 11) is 1.66. The third-order valence-corrected chi connectivity index (χ3v) is 5.79. The fraction of sp³-hybridized carbons (Fsp3) is 0.423. The number of rotatable bonds is 10. The Hall–Kier alpha value is -2.99. The lowest BCUT2D eigenvalue weighted by Gasteiger charge is -2.30. The van der Waals surface area contributed by atoms with Crippen molar-refractivity contribution in [1.29, 1.82) is 0 Å². The molecule has 4 N–H and O–H groups in total. The molecule has 1 fully saturated rings. The molecule has 32 heavy (non-hydrogen) atoms. The monoisotopic (exact) mass is 436 g/mol. The zero-order valence-corrected chi connectivity index (χ0v) is 19.4. The highest BCUT2D eigenvalue weighted by Gasteiger charge is 2.24. The van der Waals surface area contributed by atoms with Crippen molar-refractivity contribution in [2.24, 2.45) is 0 Å². The summed E-state index contributed by atoms with van der Waals surface area (Å²) in [5.41, 5.74) is 3.99. The molecule has 3 rings (SSSR count). The van der Waals surface area contributed by atoms with Crippen LogP contribution < -0.4 is 26.0 Å². The van der Waals surface area contributed by atoms with Crippen LogP contribution in [-0.2, 0) is 11.2 Å². The van der Waals surface area contributed by atoms with Crippen LogP contribution in [0.5, 0.6) is 5.75 Å². The van der Waals surface area contributed by atoms with E-state index in [0.717, 1.165) is 47.9 Å². The van der Waals surface area contributed by atoms with Gasteiger partial charge in [-0.05, 0) is 75.2 Å². The first-order valence-corrected chi connectivity index (χ1v) is 11.6. The minimum absolute atomic E-state index is 0.0489. The summed E-state index contributed by atoms with van der Waals surface area (Å²) in [6, 6.07) is 15.6. The van der Waals surface area contributed by atoms with Gasteiger partial charge in [-0.1, -0.05) is 24.6 Å². The molecule has 6 heteroatoms. The first-order valence-electron chi connectivity index (χ1n) is 11.6. The molecular weight excluding hydrogens is 400 g/mol. The fourth-order valence-electron chi connectivity index (χ4n) is 4.02. The van der Waals surface area contributed by atoms with Crippen molar-refractivity contribution in [1.82, 2.24) is 10.6 Å². The zero-order valence-electron chi connectivity index (χ0n) is 19.4. The largest absolute Gasteiger partial charge is 0.497 e. The number of anilines is 2. The van der Waals surface area contributed by atoms with E-state index in [1.165, 1.54) is 12.8 Å². The number of allylic oxidation sites excluding steroid dienone is 1. The fourth-order valence-corrected chi connectivity index (χ4v) is 4.02. The standard InChI is InChI=1S/C26H36N4O2/c1-4-23(24-8-6-7-17-28-24)30-25(18-19-9-15-22(32-3)16-10-19)26(31)29-21-13-11-20(12-14-21)27-5-2/h4,9-16,24-25,27-28,30H,5-8,17-18H2,1-3H3,(H,29,31)/b23-4+/t24?,25-/m0/s1. The lowest BCUT2D eigenvalue weighted by atomic mass is 9.99. The average Bonchev–Trinajstić information content (AvgIpc) is 2.84. The van der Waals surface area contributed by atoms with Crippen LogP contribution in [0.25, 0.3) is 0 Å². The molecule has 0 aliphatic carbocycles. The van der Waals surface area contributed by atoms with Crippen LogP contribution in [0.15, 0.2) is 60.3 Å². The number of hydrogen-bond acceptors (Lipinski definition) is 5. The summed E-state index contributed by atoms with van der Waals surface area (Å²) in [6.45, 7) is 5.96. The first-order chi connectivity index (χ1) is 15.6. The second kappa shape index (κ2) is 12.2. The van der Waals surface area contributed by atoms with E-state index in [1.807, 2.05) is 55.5 Å². The third kappa shape index (κ3) is 6.76. The predicted molar refractivity (Wildman–Crippen MR) is 132 cm³/mol. The van der Waals surface area contributed by atoms with Gasteiger partial charge in [0.2, 0.25) is 5.91 Å². The van der Waals surface area contributed by atoms with Crippen LogP contribution in [0.1, 0.15) is 38.7 Å². The molecule has 6 nitrogen and oxygen atoms in total. The number of hydrogen-bond donors (Lipinski definition) is 4.